The summed E-state index contributed by atoms with van der Waals surface area (Å²) in [7, 11) is 0. The van der Waals surface area contributed by atoms with Crippen molar-refractivity contribution < 1.29 is 13.9 Å². The minimum Gasteiger partial charge on any atom is -0.375 e. The molecule has 0 saturated carbocycles. The molecule has 1 aromatic heterocycles. The van der Waals surface area contributed by atoms with Gasteiger partial charge in [0, 0.05) is 30.9 Å². The van der Waals surface area contributed by atoms with Crippen LogP contribution >= 0.6 is 0 Å². The van der Waals surface area contributed by atoms with Gasteiger partial charge in [0.15, 0.2) is 0 Å². The standard InChI is InChI=1S/C16H22FN3O2/c17-15-11-12(1-8-19-15)16(21)20-9-4-14(5-10-20)22-13-2-6-18-7-3-13/h1,8,11,13-14,18H,2-7,9-10H2. The number of pyridine rings is 1. The molecule has 6 heteroatoms. The molecule has 2 saturated heterocycles. The predicted octanol–water partition coefficient (Wildman–Crippen LogP) is 1.59. The van der Waals surface area contributed by atoms with E-state index in [9.17, 15) is 9.18 Å². The Balaban J connectivity index is 1.49. The van der Waals surface area contributed by atoms with Gasteiger partial charge in [0.2, 0.25) is 5.95 Å². The van der Waals surface area contributed by atoms with Crippen molar-refractivity contribution in [3.63, 3.8) is 0 Å². The number of likely N-dealkylation sites (tertiary alicyclic amines) is 1. The predicted molar refractivity (Wildman–Crippen MR) is 80.1 cm³/mol. The van der Waals surface area contributed by atoms with E-state index in [2.05, 4.69) is 10.3 Å². The van der Waals surface area contributed by atoms with E-state index in [0.29, 0.717) is 24.8 Å². The molecule has 0 radical (unpaired) electrons. The zero-order valence-electron chi connectivity index (χ0n) is 12.6. The third kappa shape index (κ3) is 3.81. The van der Waals surface area contributed by atoms with Crippen molar-refractivity contribution >= 4 is 5.91 Å². The molecule has 120 valence electrons. The first-order valence-corrected chi connectivity index (χ1v) is 7.99. The van der Waals surface area contributed by atoms with Gasteiger partial charge in [-0.15, -0.1) is 0 Å². The summed E-state index contributed by atoms with van der Waals surface area (Å²) in [5.74, 6) is -0.739. The molecule has 2 fully saturated rings. The highest BCUT2D eigenvalue weighted by molar-refractivity contribution is 5.94. The van der Waals surface area contributed by atoms with Gasteiger partial charge in [-0.25, -0.2) is 4.98 Å². The van der Waals surface area contributed by atoms with E-state index in [-0.39, 0.29) is 12.0 Å². The zero-order chi connectivity index (χ0) is 15.4. The number of rotatable bonds is 3. The number of ether oxygens (including phenoxy) is 1. The highest BCUT2D eigenvalue weighted by Gasteiger charge is 2.26. The summed E-state index contributed by atoms with van der Waals surface area (Å²) in [5.41, 5.74) is 0.366. The van der Waals surface area contributed by atoms with E-state index >= 15 is 0 Å². The quantitative estimate of drug-likeness (QED) is 0.862. The Morgan fingerprint density at radius 2 is 1.91 bits per heavy atom. The van der Waals surface area contributed by atoms with E-state index in [1.807, 2.05) is 0 Å². The van der Waals surface area contributed by atoms with Gasteiger partial charge in [0.25, 0.3) is 5.91 Å². The Morgan fingerprint density at radius 3 is 2.59 bits per heavy atom. The van der Waals surface area contributed by atoms with Crippen molar-refractivity contribution in [3.8, 4) is 0 Å². The molecule has 3 rings (SSSR count). The van der Waals surface area contributed by atoms with Crippen LogP contribution in [0.3, 0.4) is 0 Å². The molecule has 0 bridgehead atoms. The molecule has 1 N–H and O–H groups in total. The molecule has 2 aliphatic rings. The monoisotopic (exact) mass is 307 g/mol. The van der Waals surface area contributed by atoms with Crippen LogP contribution in [-0.4, -0.2) is 54.2 Å². The Hall–Kier alpha value is -1.53. The molecule has 3 heterocycles. The molecule has 2 aliphatic heterocycles. The summed E-state index contributed by atoms with van der Waals surface area (Å²) in [6.07, 6.45) is 5.75. The van der Waals surface area contributed by atoms with Gasteiger partial charge in [-0.05, 0) is 44.8 Å². The van der Waals surface area contributed by atoms with Gasteiger partial charge in [-0.2, -0.15) is 4.39 Å². The van der Waals surface area contributed by atoms with Crippen LogP contribution in [0.25, 0.3) is 0 Å². The summed E-state index contributed by atoms with van der Waals surface area (Å²) in [6.45, 7) is 3.38. The normalized spacial score (nSPS) is 21.0. The average Bonchev–Trinajstić information content (AvgIpc) is 2.56. The molecule has 22 heavy (non-hydrogen) atoms. The molecule has 5 nitrogen and oxygen atoms in total. The maximum Gasteiger partial charge on any atom is 0.254 e. The Morgan fingerprint density at radius 1 is 1.23 bits per heavy atom. The molecular weight excluding hydrogens is 285 g/mol. The number of hydrogen-bond acceptors (Lipinski definition) is 4. The van der Waals surface area contributed by atoms with Crippen LogP contribution in [0.5, 0.6) is 0 Å². The Bertz CT molecular complexity index is 512. The lowest BCUT2D eigenvalue weighted by molar-refractivity contribution is -0.0499. The van der Waals surface area contributed by atoms with Crippen molar-refractivity contribution in [1.82, 2.24) is 15.2 Å². The van der Waals surface area contributed by atoms with Crippen LogP contribution in [0.1, 0.15) is 36.0 Å². The molecular formula is C16H22FN3O2. The average molecular weight is 307 g/mol. The van der Waals surface area contributed by atoms with Gasteiger partial charge in [-0.1, -0.05) is 0 Å². The van der Waals surface area contributed by atoms with E-state index in [1.165, 1.54) is 12.3 Å². The maximum atomic E-state index is 13.1. The third-order valence-electron chi connectivity index (χ3n) is 4.37. The summed E-state index contributed by atoms with van der Waals surface area (Å²) in [4.78, 5) is 17.6. The van der Waals surface area contributed by atoms with Gasteiger partial charge in [0.1, 0.15) is 0 Å². The van der Waals surface area contributed by atoms with E-state index in [1.54, 1.807) is 11.0 Å². The SMILES string of the molecule is O=C(c1ccnc(F)c1)N1CCC(OC2CCNCC2)CC1. The number of amides is 1. The van der Waals surface area contributed by atoms with Crippen LogP contribution in [0.4, 0.5) is 4.39 Å². The lowest BCUT2D eigenvalue weighted by Crippen LogP contribution is -2.43. The van der Waals surface area contributed by atoms with E-state index in [0.717, 1.165) is 38.8 Å². The second-order valence-corrected chi connectivity index (χ2v) is 5.94. The number of piperidine rings is 2. The smallest absolute Gasteiger partial charge is 0.254 e. The van der Waals surface area contributed by atoms with Crippen molar-refractivity contribution in [2.45, 2.75) is 37.9 Å². The molecule has 0 spiro atoms. The second kappa shape index (κ2) is 7.15. The first-order valence-electron chi connectivity index (χ1n) is 7.99. The largest absolute Gasteiger partial charge is 0.375 e. The first kappa shape index (κ1) is 15.4. The van der Waals surface area contributed by atoms with Gasteiger partial charge in [-0.3, -0.25) is 4.79 Å². The van der Waals surface area contributed by atoms with Crippen LogP contribution in [0, 0.1) is 5.95 Å². The highest BCUT2D eigenvalue weighted by Crippen LogP contribution is 2.20. The fraction of sp³-hybridized carbons (Fsp3) is 0.625. The fourth-order valence-electron chi connectivity index (χ4n) is 3.12. The minimum atomic E-state index is -0.616. The van der Waals surface area contributed by atoms with Crippen LogP contribution in [0.15, 0.2) is 18.3 Å². The first-order chi connectivity index (χ1) is 10.7. The fourth-order valence-corrected chi connectivity index (χ4v) is 3.12. The Labute approximate surface area is 129 Å². The highest BCUT2D eigenvalue weighted by atomic mass is 19.1. The number of halogens is 1. The summed E-state index contributed by atoms with van der Waals surface area (Å²) < 4.78 is 19.2. The number of nitrogens with zero attached hydrogens (tertiary/aromatic N) is 2. The molecule has 0 aromatic carbocycles. The van der Waals surface area contributed by atoms with Crippen LogP contribution < -0.4 is 5.32 Å². The number of nitrogens with one attached hydrogen (secondary N) is 1. The number of carbonyl (C=O) groups is 1. The van der Waals surface area contributed by atoms with Gasteiger partial charge >= 0.3 is 0 Å². The topological polar surface area (TPSA) is 54.5 Å². The lowest BCUT2D eigenvalue weighted by atomic mass is 10.0. The molecule has 1 amide bonds. The Kier molecular flexibility index (Phi) is 5.00. The van der Waals surface area contributed by atoms with Gasteiger partial charge < -0.3 is 15.0 Å². The van der Waals surface area contributed by atoms with E-state index in [4.69, 9.17) is 4.74 Å². The summed E-state index contributed by atoms with van der Waals surface area (Å²) in [6, 6.07) is 2.75. The molecule has 0 aliphatic carbocycles. The number of aromatic nitrogens is 1. The van der Waals surface area contributed by atoms with Crippen molar-refractivity contribution in [2.75, 3.05) is 26.2 Å². The molecule has 0 atom stereocenters. The zero-order valence-corrected chi connectivity index (χ0v) is 12.6. The summed E-state index contributed by atoms with van der Waals surface area (Å²) in [5, 5.41) is 3.33. The lowest BCUT2D eigenvalue weighted by Gasteiger charge is -2.35. The van der Waals surface area contributed by atoms with Gasteiger partial charge in [0.05, 0.1) is 12.2 Å². The van der Waals surface area contributed by atoms with Crippen molar-refractivity contribution in [1.29, 1.82) is 0 Å². The minimum absolute atomic E-state index is 0.124. The third-order valence-corrected chi connectivity index (χ3v) is 4.37. The van der Waals surface area contributed by atoms with Crippen LogP contribution in [0.2, 0.25) is 0 Å². The maximum absolute atomic E-state index is 13.1. The van der Waals surface area contributed by atoms with Crippen molar-refractivity contribution in [3.05, 3.63) is 29.8 Å². The molecule has 0 unspecified atom stereocenters. The summed E-state index contributed by atoms with van der Waals surface area (Å²) >= 11 is 0. The number of hydrogen-bond donors (Lipinski definition) is 1. The second-order valence-electron chi connectivity index (χ2n) is 5.94. The molecule has 1 aromatic rings. The van der Waals surface area contributed by atoms with E-state index < -0.39 is 5.95 Å². The number of carbonyl (C=O) groups excluding carboxylic acids is 1. The van der Waals surface area contributed by atoms with Crippen LogP contribution in [-0.2, 0) is 4.74 Å². The van der Waals surface area contributed by atoms with Crippen molar-refractivity contribution in [2.24, 2.45) is 0 Å².